The van der Waals surface area contributed by atoms with E-state index in [4.69, 9.17) is 11.5 Å². The van der Waals surface area contributed by atoms with E-state index in [0.29, 0.717) is 11.4 Å². The summed E-state index contributed by atoms with van der Waals surface area (Å²) in [5.41, 5.74) is 13.9. The van der Waals surface area contributed by atoms with E-state index < -0.39 is 0 Å². The van der Waals surface area contributed by atoms with Gasteiger partial charge < -0.3 is 16.4 Å². The van der Waals surface area contributed by atoms with Crippen LogP contribution < -0.4 is 11.5 Å². The standard InChI is InChI=1S/C9H15N3/c1-12(2)6-7-4-3-5-8(10)9(7)11/h3-5H,6,10-11H2,1-2H3. The van der Waals surface area contributed by atoms with Crippen LogP contribution in [0.3, 0.4) is 0 Å². The first kappa shape index (κ1) is 8.87. The molecule has 66 valence electrons. The van der Waals surface area contributed by atoms with Gasteiger partial charge >= 0.3 is 0 Å². The number of hydrogen-bond acceptors (Lipinski definition) is 3. The molecule has 0 saturated carbocycles. The predicted molar refractivity (Wildman–Crippen MR) is 52.7 cm³/mol. The number of nitrogens with two attached hydrogens (primary N) is 2. The second-order valence-electron chi connectivity index (χ2n) is 3.16. The number of hydrogen-bond donors (Lipinski definition) is 2. The van der Waals surface area contributed by atoms with Gasteiger partial charge in [0.15, 0.2) is 0 Å². The summed E-state index contributed by atoms with van der Waals surface area (Å²) >= 11 is 0. The smallest absolute Gasteiger partial charge is 0.0593 e. The van der Waals surface area contributed by atoms with Crippen LogP contribution in [0.2, 0.25) is 0 Å². The van der Waals surface area contributed by atoms with Crippen molar-refractivity contribution in [1.82, 2.24) is 4.90 Å². The van der Waals surface area contributed by atoms with Crippen molar-refractivity contribution in [3.05, 3.63) is 23.8 Å². The molecule has 0 fully saturated rings. The van der Waals surface area contributed by atoms with Gasteiger partial charge in [-0.3, -0.25) is 0 Å². The fourth-order valence-electron chi connectivity index (χ4n) is 1.11. The van der Waals surface area contributed by atoms with E-state index in [2.05, 4.69) is 4.90 Å². The number of nitrogens with zero attached hydrogens (tertiary/aromatic N) is 1. The van der Waals surface area contributed by atoms with Gasteiger partial charge in [-0.1, -0.05) is 12.1 Å². The maximum atomic E-state index is 5.78. The lowest BCUT2D eigenvalue weighted by Gasteiger charge is -2.12. The molecule has 0 aliphatic heterocycles. The molecule has 0 heterocycles. The van der Waals surface area contributed by atoms with Gasteiger partial charge in [-0.15, -0.1) is 0 Å². The number of rotatable bonds is 2. The molecule has 0 atom stereocenters. The summed E-state index contributed by atoms with van der Waals surface area (Å²) in [6.45, 7) is 0.830. The minimum atomic E-state index is 0.661. The van der Waals surface area contributed by atoms with Crippen LogP contribution in [0.15, 0.2) is 18.2 Å². The Labute approximate surface area is 73.0 Å². The van der Waals surface area contributed by atoms with Gasteiger partial charge in [0.2, 0.25) is 0 Å². The van der Waals surface area contributed by atoms with E-state index in [1.807, 2.05) is 32.3 Å². The Bertz CT molecular complexity index is 268. The monoisotopic (exact) mass is 165 g/mol. The van der Waals surface area contributed by atoms with Crippen molar-refractivity contribution in [2.24, 2.45) is 0 Å². The SMILES string of the molecule is CN(C)Cc1cccc(N)c1N. The summed E-state index contributed by atoms with van der Waals surface area (Å²) in [6, 6.07) is 5.73. The number of benzene rings is 1. The Hall–Kier alpha value is -1.22. The number of nitrogen functional groups attached to an aromatic ring is 2. The molecule has 0 aliphatic rings. The normalized spacial score (nSPS) is 10.6. The minimum Gasteiger partial charge on any atom is -0.397 e. The van der Waals surface area contributed by atoms with Crippen LogP contribution in [0.5, 0.6) is 0 Å². The highest BCUT2D eigenvalue weighted by Gasteiger charge is 2.01. The Morgan fingerprint density at radius 3 is 2.50 bits per heavy atom. The number of anilines is 2. The van der Waals surface area contributed by atoms with Gasteiger partial charge in [-0.2, -0.15) is 0 Å². The maximum absolute atomic E-state index is 5.78. The first-order valence-electron chi connectivity index (χ1n) is 3.89. The van der Waals surface area contributed by atoms with E-state index >= 15 is 0 Å². The molecule has 1 rings (SSSR count). The van der Waals surface area contributed by atoms with Crippen molar-refractivity contribution < 1.29 is 0 Å². The van der Waals surface area contributed by atoms with Crippen molar-refractivity contribution in [1.29, 1.82) is 0 Å². The third-order valence-corrected chi connectivity index (χ3v) is 1.72. The van der Waals surface area contributed by atoms with Crippen LogP contribution in [0.4, 0.5) is 11.4 Å². The van der Waals surface area contributed by atoms with Gasteiger partial charge in [0.25, 0.3) is 0 Å². The zero-order chi connectivity index (χ0) is 9.14. The highest BCUT2D eigenvalue weighted by atomic mass is 15.0. The summed E-state index contributed by atoms with van der Waals surface area (Å²) < 4.78 is 0. The molecule has 0 radical (unpaired) electrons. The molecule has 12 heavy (non-hydrogen) atoms. The molecule has 3 heteroatoms. The first-order valence-corrected chi connectivity index (χ1v) is 3.89. The van der Waals surface area contributed by atoms with Crippen LogP contribution in [0.1, 0.15) is 5.56 Å². The molecule has 0 aliphatic carbocycles. The van der Waals surface area contributed by atoms with Gasteiger partial charge in [-0.25, -0.2) is 0 Å². The third-order valence-electron chi connectivity index (χ3n) is 1.72. The van der Waals surface area contributed by atoms with E-state index in [1.54, 1.807) is 0 Å². The third kappa shape index (κ3) is 1.89. The van der Waals surface area contributed by atoms with Crippen LogP contribution in [-0.4, -0.2) is 19.0 Å². The summed E-state index contributed by atoms with van der Waals surface area (Å²) in [4.78, 5) is 2.06. The molecular weight excluding hydrogens is 150 g/mol. The van der Waals surface area contributed by atoms with Crippen LogP contribution in [-0.2, 0) is 6.54 Å². The Morgan fingerprint density at radius 1 is 1.25 bits per heavy atom. The lowest BCUT2D eigenvalue weighted by molar-refractivity contribution is 0.403. The molecule has 3 nitrogen and oxygen atoms in total. The highest BCUT2D eigenvalue weighted by molar-refractivity contribution is 5.67. The van der Waals surface area contributed by atoms with E-state index in [9.17, 15) is 0 Å². The van der Waals surface area contributed by atoms with Crippen molar-refractivity contribution in [2.75, 3.05) is 25.6 Å². The van der Waals surface area contributed by atoms with Crippen molar-refractivity contribution in [2.45, 2.75) is 6.54 Å². The molecule has 0 saturated heterocycles. The van der Waals surface area contributed by atoms with Crippen LogP contribution >= 0.6 is 0 Å². The molecule has 4 N–H and O–H groups in total. The minimum absolute atomic E-state index is 0.661. The van der Waals surface area contributed by atoms with Crippen LogP contribution in [0, 0.1) is 0 Å². The molecule has 0 bridgehead atoms. The Balaban J connectivity index is 2.92. The average Bonchev–Trinajstić information content (AvgIpc) is 1.98. The van der Waals surface area contributed by atoms with E-state index in [1.165, 1.54) is 0 Å². The van der Waals surface area contributed by atoms with Gasteiger partial charge in [0, 0.05) is 6.54 Å². The lowest BCUT2D eigenvalue weighted by Crippen LogP contribution is -2.12. The fraction of sp³-hybridized carbons (Fsp3) is 0.333. The zero-order valence-corrected chi connectivity index (χ0v) is 7.54. The molecule has 0 spiro atoms. The van der Waals surface area contributed by atoms with E-state index in [0.717, 1.165) is 12.1 Å². The largest absolute Gasteiger partial charge is 0.397 e. The predicted octanol–water partition coefficient (Wildman–Crippen LogP) is 0.913. The van der Waals surface area contributed by atoms with Crippen molar-refractivity contribution >= 4 is 11.4 Å². The summed E-state index contributed by atoms with van der Waals surface area (Å²) in [5, 5.41) is 0. The maximum Gasteiger partial charge on any atom is 0.0593 e. The fourth-order valence-corrected chi connectivity index (χ4v) is 1.11. The van der Waals surface area contributed by atoms with Gasteiger partial charge in [0.05, 0.1) is 11.4 Å². The van der Waals surface area contributed by atoms with Crippen molar-refractivity contribution in [3.63, 3.8) is 0 Å². The summed E-state index contributed by atoms with van der Waals surface area (Å²) in [6.07, 6.45) is 0. The Morgan fingerprint density at radius 2 is 1.92 bits per heavy atom. The average molecular weight is 165 g/mol. The second kappa shape index (κ2) is 3.45. The summed E-state index contributed by atoms with van der Waals surface area (Å²) in [7, 11) is 4.01. The first-order chi connectivity index (χ1) is 5.61. The van der Waals surface area contributed by atoms with Gasteiger partial charge in [-0.05, 0) is 25.7 Å². The number of para-hydroxylation sites is 1. The summed E-state index contributed by atoms with van der Waals surface area (Å²) in [5.74, 6) is 0. The van der Waals surface area contributed by atoms with Crippen LogP contribution in [0.25, 0.3) is 0 Å². The molecule has 0 unspecified atom stereocenters. The molecule has 1 aromatic carbocycles. The molecule has 1 aromatic rings. The molecule has 0 amide bonds. The Kier molecular flexibility index (Phi) is 2.55. The van der Waals surface area contributed by atoms with Gasteiger partial charge in [0.1, 0.15) is 0 Å². The molecule has 0 aromatic heterocycles. The van der Waals surface area contributed by atoms with Crippen molar-refractivity contribution in [3.8, 4) is 0 Å². The zero-order valence-electron chi connectivity index (χ0n) is 7.54. The topological polar surface area (TPSA) is 55.3 Å². The lowest BCUT2D eigenvalue weighted by atomic mass is 10.1. The molecular formula is C9H15N3. The van der Waals surface area contributed by atoms with E-state index in [-0.39, 0.29) is 0 Å². The second-order valence-corrected chi connectivity index (χ2v) is 3.16. The highest BCUT2D eigenvalue weighted by Crippen LogP contribution is 2.19. The quantitative estimate of drug-likeness (QED) is 0.640.